The molecule has 2 rings (SSSR count). The van der Waals surface area contributed by atoms with Crippen molar-refractivity contribution in [1.29, 1.82) is 0 Å². The quantitative estimate of drug-likeness (QED) is 0.483. The Labute approximate surface area is 107 Å². The van der Waals surface area contributed by atoms with Gasteiger partial charge in [0.15, 0.2) is 11.0 Å². The van der Waals surface area contributed by atoms with Gasteiger partial charge in [-0.1, -0.05) is 12.1 Å². The van der Waals surface area contributed by atoms with E-state index in [9.17, 15) is 14.9 Å². The van der Waals surface area contributed by atoms with E-state index in [1.807, 2.05) is 0 Å². The number of nitro benzene ring substituents is 1. The maximum Gasteiger partial charge on any atom is 0.269 e. The van der Waals surface area contributed by atoms with Crippen LogP contribution in [0.25, 0.3) is 0 Å². The van der Waals surface area contributed by atoms with Crippen molar-refractivity contribution in [3.8, 4) is 0 Å². The number of rotatable bonds is 4. The van der Waals surface area contributed by atoms with Gasteiger partial charge in [0, 0.05) is 18.6 Å². The summed E-state index contributed by atoms with van der Waals surface area (Å²) in [6, 6.07) is 8.79. The third kappa shape index (κ3) is 2.75. The average Bonchev–Trinajstić information content (AvgIpc) is 2.76. The zero-order chi connectivity index (χ0) is 13.1. The average molecular weight is 266 g/mol. The number of ketones is 1. The lowest BCUT2D eigenvalue weighted by Gasteiger charge is -1.98. The molecule has 0 saturated carbocycles. The summed E-state index contributed by atoms with van der Waals surface area (Å²) in [6.07, 6.45) is 0.113. The minimum atomic E-state index is -0.488. The maximum absolute atomic E-state index is 11.8. The van der Waals surface area contributed by atoms with Crippen molar-refractivity contribution in [2.24, 2.45) is 0 Å². The van der Waals surface area contributed by atoms with E-state index in [2.05, 4.69) is 0 Å². The summed E-state index contributed by atoms with van der Waals surface area (Å²) in [6.45, 7) is 0. The van der Waals surface area contributed by atoms with Crippen LogP contribution in [0.15, 0.2) is 40.8 Å². The van der Waals surface area contributed by atoms with Gasteiger partial charge in [-0.25, -0.2) is 0 Å². The number of nitrogens with zero attached hydrogens (tertiary/aromatic N) is 1. The summed E-state index contributed by atoms with van der Waals surface area (Å²) in [4.78, 5) is 21.7. The lowest BCUT2D eigenvalue weighted by atomic mass is 10.1. The van der Waals surface area contributed by atoms with Crippen molar-refractivity contribution in [2.45, 2.75) is 6.42 Å². The largest absolute Gasteiger partial charge is 0.442 e. The normalized spacial score (nSPS) is 10.3. The number of furan rings is 1. The molecule has 0 aliphatic heterocycles. The Kier molecular flexibility index (Phi) is 3.43. The fourth-order valence-electron chi connectivity index (χ4n) is 1.47. The summed E-state index contributed by atoms with van der Waals surface area (Å²) in [5.41, 5.74) is 0.672. The Morgan fingerprint density at radius 1 is 1.22 bits per heavy atom. The molecule has 6 heteroatoms. The Morgan fingerprint density at radius 2 is 1.89 bits per heavy atom. The molecule has 92 valence electrons. The van der Waals surface area contributed by atoms with Gasteiger partial charge in [-0.05, 0) is 29.3 Å². The van der Waals surface area contributed by atoms with Crippen molar-refractivity contribution >= 4 is 23.1 Å². The van der Waals surface area contributed by atoms with Crippen molar-refractivity contribution in [1.82, 2.24) is 0 Å². The summed E-state index contributed by atoms with van der Waals surface area (Å²) in [5, 5.41) is 10.6. The van der Waals surface area contributed by atoms with Crippen LogP contribution in [-0.2, 0) is 6.42 Å². The number of nitro groups is 1. The van der Waals surface area contributed by atoms with Gasteiger partial charge in [0.2, 0.25) is 5.78 Å². The van der Waals surface area contributed by atoms with E-state index in [0.29, 0.717) is 5.56 Å². The molecule has 0 aliphatic rings. The van der Waals surface area contributed by atoms with E-state index in [1.54, 1.807) is 12.1 Å². The number of hydrogen-bond donors (Lipinski definition) is 0. The third-order valence-electron chi connectivity index (χ3n) is 2.36. The highest BCUT2D eigenvalue weighted by atomic mass is 35.5. The Hall–Kier alpha value is -2.14. The molecule has 1 aromatic carbocycles. The van der Waals surface area contributed by atoms with Crippen LogP contribution < -0.4 is 0 Å². The monoisotopic (exact) mass is 265 g/mol. The van der Waals surface area contributed by atoms with Gasteiger partial charge in [-0.2, -0.15) is 0 Å². The molecule has 5 nitrogen and oxygen atoms in total. The van der Waals surface area contributed by atoms with Gasteiger partial charge in [0.05, 0.1) is 4.92 Å². The number of carbonyl (C=O) groups is 1. The van der Waals surface area contributed by atoms with Crippen molar-refractivity contribution in [2.75, 3.05) is 0 Å². The number of carbonyl (C=O) groups excluding carboxylic acids is 1. The van der Waals surface area contributed by atoms with Crippen LogP contribution in [0.3, 0.4) is 0 Å². The first-order chi connectivity index (χ1) is 8.56. The number of non-ortho nitro benzene ring substituents is 1. The van der Waals surface area contributed by atoms with Crippen LogP contribution in [0.2, 0.25) is 5.22 Å². The van der Waals surface area contributed by atoms with E-state index in [-0.39, 0.29) is 28.9 Å². The molecule has 0 aliphatic carbocycles. The van der Waals surface area contributed by atoms with Crippen molar-refractivity contribution in [3.05, 3.63) is 63.1 Å². The number of Topliss-reactive ketones (excluding diaryl/α,β-unsaturated/α-hetero) is 1. The van der Waals surface area contributed by atoms with Crippen LogP contribution in [-0.4, -0.2) is 10.7 Å². The highest BCUT2D eigenvalue weighted by molar-refractivity contribution is 6.29. The van der Waals surface area contributed by atoms with Gasteiger partial charge < -0.3 is 4.42 Å². The number of halogens is 1. The lowest BCUT2D eigenvalue weighted by molar-refractivity contribution is -0.384. The zero-order valence-electron chi connectivity index (χ0n) is 9.13. The molecule has 0 N–H and O–H groups in total. The van der Waals surface area contributed by atoms with Gasteiger partial charge >= 0.3 is 0 Å². The Morgan fingerprint density at radius 3 is 2.39 bits per heavy atom. The summed E-state index contributed by atoms with van der Waals surface area (Å²) >= 11 is 5.57. The first-order valence-corrected chi connectivity index (χ1v) is 5.46. The molecule has 0 spiro atoms. The van der Waals surface area contributed by atoms with E-state index in [4.69, 9.17) is 16.0 Å². The zero-order valence-corrected chi connectivity index (χ0v) is 9.89. The van der Waals surface area contributed by atoms with E-state index in [1.165, 1.54) is 24.3 Å². The number of hydrogen-bond acceptors (Lipinski definition) is 4. The molecule has 0 atom stereocenters. The fourth-order valence-corrected chi connectivity index (χ4v) is 1.62. The second-order valence-electron chi connectivity index (χ2n) is 3.63. The van der Waals surface area contributed by atoms with Gasteiger partial charge in [0.25, 0.3) is 5.69 Å². The topological polar surface area (TPSA) is 73.3 Å². The summed E-state index contributed by atoms with van der Waals surface area (Å²) in [7, 11) is 0. The molecule has 0 fully saturated rings. The van der Waals surface area contributed by atoms with Crippen molar-refractivity contribution in [3.63, 3.8) is 0 Å². The van der Waals surface area contributed by atoms with E-state index in [0.717, 1.165) is 0 Å². The second-order valence-corrected chi connectivity index (χ2v) is 4.00. The third-order valence-corrected chi connectivity index (χ3v) is 2.56. The molecule has 18 heavy (non-hydrogen) atoms. The van der Waals surface area contributed by atoms with Crippen LogP contribution in [0.4, 0.5) is 5.69 Å². The highest BCUT2D eigenvalue weighted by Gasteiger charge is 2.12. The first kappa shape index (κ1) is 12.3. The van der Waals surface area contributed by atoms with Crippen LogP contribution in [0.5, 0.6) is 0 Å². The molecule has 2 aromatic rings. The fraction of sp³-hybridized carbons (Fsp3) is 0.0833. The molecular weight excluding hydrogens is 258 g/mol. The molecule has 0 bridgehead atoms. The van der Waals surface area contributed by atoms with E-state index < -0.39 is 4.92 Å². The standard InChI is InChI=1S/C12H8ClNO4/c13-12-6-5-11(18-12)10(15)7-8-1-3-9(4-2-8)14(16)17/h1-6H,7H2. The summed E-state index contributed by atoms with van der Waals surface area (Å²) in [5.74, 6) is -0.0471. The second kappa shape index (κ2) is 5.01. The van der Waals surface area contributed by atoms with Gasteiger partial charge in [-0.3, -0.25) is 14.9 Å². The van der Waals surface area contributed by atoms with Crippen LogP contribution in [0.1, 0.15) is 16.1 Å². The predicted octanol–water partition coefficient (Wildman–Crippen LogP) is 3.27. The minimum absolute atomic E-state index is 0.00718. The van der Waals surface area contributed by atoms with E-state index >= 15 is 0 Å². The Bertz CT molecular complexity index is 588. The van der Waals surface area contributed by atoms with Gasteiger partial charge in [-0.15, -0.1) is 0 Å². The lowest BCUT2D eigenvalue weighted by Crippen LogP contribution is -2.02. The number of benzene rings is 1. The van der Waals surface area contributed by atoms with Gasteiger partial charge in [0.1, 0.15) is 0 Å². The summed E-state index contributed by atoms with van der Waals surface area (Å²) < 4.78 is 4.99. The predicted molar refractivity (Wildman–Crippen MR) is 64.8 cm³/mol. The molecule has 1 heterocycles. The molecule has 0 unspecified atom stereocenters. The minimum Gasteiger partial charge on any atom is -0.442 e. The SMILES string of the molecule is O=C(Cc1ccc([N+](=O)[O-])cc1)c1ccc(Cl)o1. The molecular formula is C12H8ClNO4. The first-order valence-electron chi connectivity index (χ1n) is 5.08. The molecule has 1 aromatic heterocycles. The van der Waals surface area contributed by atoms with Crippen molar-refractivity contribution < 1.29 is 14.1 Å². The maximum atomic E-state index is 11.8. The highest BCUT2D eigenvalue weighted by Crippen LogP contribution is 2.17. The molecule has 0 saturated heterocycles. The smallest absolute Gasteiger partial charge is 0.269 e. The van der Waals surface area contributed by atoms with Crippen LogP contribution in [0, 0.1) is 10.1 Å². The molecule has 0 radical (unpaired) electrons. The molecule has 0 amide bonds. The Balaban J connectivity index is 2.10. The van der Waals surface area contributed by atoms with Crippen LogP contribution >= 0.6 is 11.6 Å².